The second kappa shape index (κ2) is 14.0. The molecule has 1 amide bonds. The number of unbranched alkanes of at least 4 members (excludes halogenated alkanes) is 8. The predicted octanol–water partition coefficient (Wildman–Crippen LogP) is 6.05. The lowest BCUT2D eigenvalue weighted by Crippen LogP contribution is -2.34. The van der Waals surface area contributed by atoms with Crippen LogP contribution in [0.25, 0.3) is 0 Å². The number of benzene rings is 1. The molecule has 0 radical (unpaired) electrons. The molecule has 1 aliphatic rings. The minimum absolute atomic E-state index is 0.182. The first kappa shape index (κ1) is 22.2. The Morgan fingerprint density at radius 3 is 2.39 bits per heavy atom. The van der Waals surface area contributed by atoms with Gasteiger partial charge in [0.25, 0.3) is 0 Å². The molecule has 1 aromatic carbocycles. The number of hydrogen-bond donors (Lipinski definition) is 0. The molecule has 1 fully saturated rings. The molecular weight excluding hydrogens is 350 g/mol. The van der Waals surface area contributed by atoms with Gasteiger partial charge in [-0.15, -0.1) is 0 Å². The Kier molecular flexibility index (Phi) is 11.1. The molecule has 0 spiro atoms. The van der Waals surface area contributed by atoms with E-state index in [2.05, 4.69) is 12.2 Å². The summed E-state index contributed by atoms with van der Waals surface area (Å²) in [4.78, 5) is 24.5. The molecule has 4 nitrogen and oxygen atoms in total. The van der Waals surface area contributed by atoms with E-state index in [1.165, 1.54) is 38.5 Å². The van der Waals surface area contributed by atoms with Gasteiger partial charge in [0, 0.05) is 13.0 Å². The normalized spacial score (nSPS) is 16.6. The summed E-state index contributed by atoms with van der Waals surface area (Å²) in [5.74, 6) is 0. The van der Waals surface area contributed by atoms with E-state index >= 15 is 0 Å². The average molecular weight is 386 g/mol. The average Bonchev–Trinajstić information content (AvgIpc) is 3.19. The van der Waals surface area contributed by atoms with Crippen molar-refractivity contribution in [3.8, 4) is 0 Å². The molecule has 28 heavy (non-hydrogen) atoms. The lowest BCUT2D eigenvalue weighted by Gasteiger charge is -2.21. The van der Waals surface area contributed by atoms with E-state index in [-0.39, 0.29) is 12.1 Å². The fourth-order valence-electron chi connectivity index (χ4n) is 3.65. The largest absolute Gasteiger partial charge is 0.445 e. The highest BCUT2D eigenvalue weighted by Gasteiger charge is 2.27. The van der Waals surface area contributed by atoms with Gasteiger partial charge in [0.15, 0.2) is 0 Å². The van der Waals surface area contributed by atoms with Crippen LogP contribution in [-0.4, -0.2) is 29.9 Å². The highest BCUT2D eigenvalue weighted by Crippen LogP contribution is 2.20. The van der Waals surface area contributed by atoms with Crippen molar-refractivity contribution in [1.29, 1.82) is 0 Å². The van der Waals surface area contributed by atoms with Crippen molar-refractivity contribution in [2.45, 2.75) is 83.3 Å². The molecule has 0 aromatic heterocycles. The maximum Gasteiger partial charge on any atom is 0.410 e. The Balaban J connectivity index is 1.56. The molecule has 154 valence electrons. The molecule has 0 unspecified atom stereocenters. The number of amides is 1. The molecule has 1 heterocycles. The SMILES string of the molecule is O=CCCCCCCCCC/C=C/[C@@H]1CCCN1C(=O)OCc1ccccc1. The van der Waals surface area contributed by atoms with Gasteiger partial charge in [0.2, 0.25) is 0 Å². The maximum atomic E-state index is 12.4. The quantitative estimate of drug-likeness (QED) is 0.236. The Hall–Kier alpha value is -2.10. The zero-order valence-corrected chi connectivity index (χ0v) is 17.1. The van der Waals surface area contributed by atoms with Crippen LogP contribution in [0.2, 0.25) is 0 Å². The third-order valence-electron chi connectivity index (χ3n) is 5.29. The third-order valence-corrected chi connectivity index (χ3v) is 5.29. The monoisotopic (exact) mass is 385 g/mol. The summed E-state index contributed by atoms with van der Waals surface area (Å²) in [7, 11) is 0. The predicted molar refractivity (Wildman–Crippen MR) is 113 cm³/mol. The number of nitrogens with zero attached hydrogens (tertiary/aromatic N) is 1. The Labute approximate surface area is 170 Å². The smallest absolute Gasteiger partial charge is 0.410 e. The molecule has 1 saturated heterocycles. The fraction of sp³-hybridized carbons (Fsp3) is 0.583. The minimum atomic E-state index is -0.203. The molecule has 4 heteroatoms. The fourth-order valence-corrected chi connectivity index (χ4v) is 3.65. The van der Waals surface area contributed by atoms with Crippen molar-refractivity contribution in [1.82, 2.24) is 4.90 Å². The van der Waals surface area contributed by atoms with Crippen LogP contribution < -0.4 is 0 Å². The zero-order valence-electron chi connectivity index (χ0n) is 17.1. The second-order valence-electron chi connectivity index (χ2n) is 7.59. The highest BCUT2D eigenvalue weighted by atomic mass is 16.6. The van der Waals surface area contributed by atoms with E-state index in [1.54, 1.807) is 0 Å². The maximum absolute atomic E-state index is 12.4. The molecule has 1 aromatic rings. The van der Waals surface area contributed by atoms with Crippen LogP contribution in [0.4, 0.5) is 4.79 Å². The standard InChI is InChI=1S/C24H35NO3/c26-20-13-8-6-4-2-1-3-5-7-12-17-23-18-14-19-25(23)24(27)28-21-22-15-10-9-11-16-22/h9-12,15-17,20,23H,1-8,13-14,18-19,21H2/b17-12+/t23-/m1/s1. The summed E-state index contributed by atoms with van der Waals surface area (Å²) in [6, 6.07) is 10.0. The molecular formula is C24H35NO3. The van der Waals surface area contributed by atoms with Crippen LogP contribution >= 0.6 is 0 Å². The van der Waals surface area contributed by atoms with E-state index in [4.69, 9.17) is 4.74 Å². The first-order valence-electron chi connectivity index (χ1n) is 10.9. The molecule has 0 aliphatic carbocycles. The van der Waals surface area contributed by atoms with Crippen LogP contribution in [0.1, 0.15) is 76.2 Å². The van der Waals surface area contributed by atoms with Crippen LogP contribution in [0.5, 0.6) is 0 Å². The molecule has 2 rings (SSSR count). The van der Waals surface area contributed by atoms with Crippen molar-refractivity contribution < 1.29 is 14.3 Å². The Morgan fingerprint density at radius 2 is 1.68 bits per heavy atom. The van der Waals surface area contributed by atoms with Crippen molar-refractivity contribution >= 4 is 12.4 Å². The molecule has 0 N–H and O–H groups in total. The number of carbonyl (C=O) groups excluding carboxylic acids is 2. The van der Waals surface area contributed by atoms with Gasteiger partial charge in [-0.3, -0.25) is 0 Å². The summed E-state index contributed by atoms with van der Waals surface area (Å²) in [6.07, 6.45) is 17.6. The van der Waals surface area contributed by atoms with E-state index in [1.807, 2.05) is 35.2 Å². The number of rotatable bonds is 13. The lowest BCUT2D eigenvalue weighted by atomic mass is 10.1. The zero-order chi connectivity index (χ0) is 19.9. The minimum Gasteiger partial charge on any atom is -0.445 e. The van der Waals surface area contributed by atoms with Gasteiger partial charge in [-0.1, -0.05) is 74.6 Å². The topological polar surface area (TPSA) is 46.6 Å². The van der Waals surface area contributed by atoms with Gasteiger partial charge in [-0.25, -0.2) is 4.79 Å². The van der Waals surface area contributed by atoms with Gasteiger partial charge in [-0.05, 0) is 37.7 Å². The van der Waals surface area contributed by atoms with Gasteiger partial charge >= 0.3 is 6.09 Å². The van der Waals surface area contributed by atoms with Crippen molar-refractivity contribution in [2.24, 2.45) is 0 Å². The number of ether oxygens (including phenoxy) is 1. The molecule has 0 saturated carbocycles. The summed E-state index contributed by atoms with van der Waals surface area (Å²) in [5, 5.41) is 0. The summed E-state index contributed by atoms with van der Waals surface area (Å²) < 4.78 is 5.48. The summed E-state index contributed by atoms with van der Waals surface area (Å²) in [6.45, 7) is 1.12. The van der Waals surface area contributed by atoms with Gasteiger partial charge in [0.1, 0.15) is 12.9 Å². The number of allylic oxidation sites excluding steroid dienone is 1. The molecule has 1 aliphatic heterocycles. The van der Waals surface area contributed by atoms with E-state index < -0.39 is 0 Å². The Bertz CT molecular complexity index is 585. The van der Waals surface area contributed by atoms with Gasteiger partial charge in [-0.2, -0.15) is 0 Å². The third kappa shape index (κ3) is 8.73. The van der Waals surface area contributed by atoms with Crippen molar-refractivity contribution in [2.75, 3.05) is 6.54 Å². The molecule has 1 atom stereocenters. The van der Waals surface area contributed by atoms with Crippen LogP contribution in [0.3, 0.4) is 0 Å². The number of likely N-dealkylation sites (tertiary alicyclic amines) is 1. The van der Waals surface area contributed by atoms with E-state index in [0.717, 1.165) is 44.1 Å². The highest BCUT2D eigenvalue weighted by molar-refractivity contribution is 5.68. The summed E-state index contributed by atoms with van der Waals surface area (Å²) >= 11 is 0. The number of carbonyl (C=O) groups is 2. The van der Waals surface area contributed by atoms with Gasteiger partial charge < -0.3 is 14.4 Å². The van der Waals surface area contributed by atoms with Crippen LogP contribution in [0, 0.1) is 0 Å². The van der Waals surface area contributed by atoms with Crippen LogP contribution in [-0.2, 0) is 16.1 Å². The number of aldehydes is 1. The summed E-state index contributed by atoms with van der Waals surface area (Å²) in [5.41, 5.74) is 1.02. The Morgan fingerprint density at radius 1 is 1.00 bits per heavy atom. The first-order chi connectivity index (χ1) is 13.8. The lowest BCUT2D eigenvalue weighted by molar-refractivity contribution is -0.107. The van der Waals surface area contributed by atoms with E-state index in [0.29, 0.717) is 13.0 Å². The molecule has 0 bridgehead atoms. The van der Waals surface area contributed by atoms with E-state index in [9.17, 15) is 9.59 Å². The first-order valence-corrected chi connectivity index (χ1v) is 10.9. The van der Waals surface area contributed by atoms with Gasteiger partial charge in [0.05, 0.1) is 6.04 Å². The van der Waals surface area contributed by atoms with Crippen LogP contribution in [0.15, 0.2) is 42.5 Å². The number of hydrogen-bond acceptors (Lipinski definition) is 3. The van der Waals surface area contributed by atoms with Crippen molar-refractivity contribution in [3.63, 3.8) is 0 Å². The van der Waals surface area contributed by atoms with Crippen molar-refractivity contribution in [3.05, 3.63) is 48.0 Å². The second-order valence-corrected chi connectivity index (χ2v) is 7.59.